The standard InChI is InChI=1S/C16H24N2O2/c1-11-9-14(16(17)20)3-4-15(11)10-18-7-5-13(6-8-18)12(2)19/h3-4,9,12-13,19H,5-8,10H2,1-2H3,(H2,17,20). The lowest BCUT2D eigenvalue weighted by Gasteiger charge is -2.33. The van der Waals surface area contributed by atoms with Gasteiger partial charge >= 0.3 is 0 Å². The van der Waals surface area contributed by atoms with Crippen LogP contribution in [-0.4, -0.2) is 35.1 Å². The second kappa shape index (κ2) is 6.37. The highest BCUT2D eigenvalue weighted by Crippen LogP contribution is 2.22. The van der Waals surface area contributed by atoms with Crippen LogP contribution in [0, 0.1) is 12.8 Å². The Hall–Kier alpha value is -1.39. The first-order valence-corrected chi connectivity index (χ1v) is 7.27. The van der Waals surface area contributed by atoms with Gasteiger partial charge in [0.1, 0.15) is 0 Å². The summed E-state index contributed by atoms with van der Waals surface area (Å²) in [4.78, 5) is 13.6. The van der Waals surface area contributed by atoms with Crippen LogP contribution < -0.4 is 5.73 Å². The number of hydrogen-bond donors (Lipinski definition) is 2. The van der Waals surface area contributed by atoms with Crippen LogP contribution in [0.1, 0.15) is 41.3 Å². The van der Waals surface area contributed by atoms with Crippen LogP contribution in [0.5, 0.6) is 0 Å². The quantitative estimate of drug-likeness (QED) is 0.879. The molecule has 0 aliphatic carbocycles. The second-order valence-corrected chi connectivity index (χ2v) is 5.86. The summed E-state index contributed by atoms with van der Waals surface area (Å²) in [7, 11) is 0. The number of aryl methyl sites for hydroxylation is 1. The lowest BCUT2D eigenvalue weighted by molar-refractivity contribution is 0.0695. The fourth-order valence-electron chi connectivity index (χ4n) is 2.86. The summed E-state index contributed by atoms with van der Waals surface area (Å²) in [5, 5.41) is 9.62. The van der Waals surface area contributed by atoms with Crippen molar-refractivity contribution in [2.75, 3.05) is 13.1 Å². The number of likely N-dealkylation sites (tertiary alicyclic amines) is 1. The van der Waals surface area contributed by atoms with Crippen LogP contribution in [0.2, 0.25) is 0 Å². The van der Waals surface area contributed by atoms with Crippen molar-refractivity contribution in [2.45, 2.75) is 39.3 Å². The van der Waals surface area contributed by atoms with E-state index in [1.807, 2.05) is 26.0 Å². The number of primary amides is 1. The zero-order chi connectivity index (χ0) is 14.7. The smallest absolute Gasteiger partial charge is 0.248 e. The van der Waals surface area contributed by atoms with Gasteiger partial charge in [-0.25, -0.2) is 0 Å². The molecule has 4 heteroatoms. The maximum absolute atomic E-state index is 11.1. The molecule has 2 rings (SSSR count). The molecular formula is C16H24N2O2. The van der Waals surface area contributed by atoms with E-state index in [0.717, 1.165) is 38.0 Å². The van der Waals surface area contributed by atoms with Crippen molar-refractivity contribution in [3.63, 3.8) is 0 Å². The number of carbonyl (C=O) groups is 1. The topological polar surface area (TPSA) is 66.6 Å². The number of piperidine rings is 1. The Kier molecular flexibility index (Phi) is 4.78. The number of hydrogen-bond acceptors (Lipinski definition) is 3. The number of rotatable bonds is 4. The Bertz CT molecular complexity index is 477. The minimum absolute atomic E-state index is 0.200. The van der Waals surface area contributed by atoms with Crippen molar-refractivity contribution >= 4 is 5.91 Å². The third-order valence-electron chi connectivity index (χ3n) is 4.34. The van der Waals surface area contributed by atoms with Gasteiger partial charge in [0, 0.05) is 12.1 Å². The molecule has 4 nitrogen and oxygen atoms in total. The molecule has 110 valence electrons. The van der Waals surface area contributed by atoms with E-state index in [1.165, 1.54) is 5.56 Å². The first kappa shape index (κ1) is 15.0. The highest BCUT2D eigenvalue weighted by atomic mass is 16.3. The number of aliphatic hydroxyl groups is 1. The number of carbonyl (C=O) groups excluding carboxylic acids is 1. The predicted molar refractivity (Wildman–Crippen MR) is 79.4 cm³/mol. The molecule has 20 heavy (non-hydrogen) atoms. The molecule has 1 heterocycles. The van der Waals surface area contributed by atoms with Crippen molar-refractivity contribution < 1.29 is 9.90 Å². The molecule has 1 aliphatic rings. The van der Waals surface area contributed by atoms with Crippen molar-refractivity contribution in [3.8, 4) is 0 Å². The Morgan fingerprint density at radius 3 is 2.60 bits per heavy atom. The highest BCUT2D eigenvalue weighted by molar-refractivity contribution is 5.93. The Labute approximate surface area is 120 Å². The summed E-state index contributed by atoms with van der Waals surface area (Å²) in [5.74, 6) is 0.0574. The molecule has 1 aliphatic heterocycles. The van der Waals surface area contributed by atoms with Gasteiger partial charge in [0.2, 0.25) is 5.91 Å². The Balaban J connectivity index is 1.96. The highest BCUT2D eigenvalue weighted by Gasteiger charge is 2.22. The van der Waals surface area contributed by atoms with Gasteiger partial charge in [-0.3, -0.25) is 9.69 Å². The summed E-state index contributed by atoms with van der Waals surface area (Å²) < 4.78 is 0. The molecule has 0 aromatic heterocycles. The van der Waals surface area contributed by atoms with E-state index in [1.54, 1.807) is 6.07 Å². The molecule has 1 aromatic carbocycles. The zero-order valence-electron chi connectivity index (χ0n) is 12.3. The molecule has 0 radical (unpaired) electrons. The van der Waals surface area contributed by atoms with Crippen LogP contribution in [0.15, 0.2) is 18.2 Å². The molecule has 1 atom stereocenters. The largest absolute Gasteiger partial charge is 0.393 e. The lowest BCUT2D eigenvalue weighted by atomic mass is 9.92. The number of nitrogens with zero attached hydrogens (tertiary/aromatic N) is 1. The van der Waals surface area contributed by atoms with Gasteiger partial charge in [-0.1, -0.05) is 6.07 Å². The molecule has 0 spiro atoms. The summed E-state index contributed by atoms with van der Waals surface area (Å²) in [6, 6.07) is 5.66. The third-order valence-corrected chi connectivity index (χ3v) is 4.34. The van der Waals surface area contributed by atoms with E-state index in [2.05, 4.69) is 4.90 Å². The van der Waals surface area contributed by atoms with Crippen LogP contribution in [0.25, 0.3) is 0 Å². The summed E-state index contributed by atoms with van der Waals surface area (Å²) in [6.45, 7) is 6.84. The van der Waals surface area contributed by atoms with E-state index in [-0.39, 0.29) is 12.0 Å². The molecule has 0 saturated carbocycles. The molecule has 1 unspecified atom stereocenters. The summed E-state index contributed by atoms with van der Waals surface area (Å²) in [5.41, 5.74) is 8.21. The molecule has 0 bridgehead atoms. The molecule has 3 N–H and O–H groups in total. The molecule has 1 saturated heterocycles. The number of amides is 1. The van der Waals surface area contributed by atoms with Gasteiger partial charge in [-0.2, -0.15) is 0 Å². The maximum Gasteiger partial charge on any atom is 0.248 e. The van der Waals surface area contributed by atoms with E-state index in [4.69, 9.17) is 5.73 Å². The van der Waals surface area contributed by atoms with Gasteiger partial charge in [0.25, 0.3) is 0 Å². The fraction of sp³-hybridized carbons (Fsp3) is 0.562. The van der Waals surface area contributed by atoms with Crippen LogP contribution in [0.3, 0.4) is 0 Å². The van der Waals surface area contributed by atoms with Crippen LogP contribution in [0.4, 0.5) is 0 Å². The number of nitrogens with two attached hydrogens (primary N) is 1. The summed E-state index contributed by atoms with van der Waals surface area (Å²) >= 11 is 0. The van der Waals surface area contributed by atoms with Crippen molar-refractivity contribution in [1.29, 1.82) is 0 Å². The summed E-state index contributed by atoms with van der Waals surface area (Å²) in [6.07, 6.45) is 1.90. The van der Waals surface area contributed by atoms with Crippen molar-refractivity contribution in [1.82, 2.24) is 4.90 Å². The monoisotopic (exact) mass is 276 g/mol. The fourth-order valence-corrected chi connectivity index (χ4v) is 2.86. The number of benzene rings is 1. The molecule has 1 aromatic rings. The Morgan fingerprint density at radius 1 is 1.45 bits per heavy atom. The van der Waals surface area contributed by atoms with Gasteiger partial charge < -0.3 is 10.8 Å². The molecular weight excluding hydrogens is 252 g/mol. The maximum atomic E-state index is 11.1. The van der Waals surface area contributed by atoms with Crippen LogP contribution >= 0.6 is 0 Å². The minimum atomic E-state index is -0.377. The Morgan fingerprint density at radius 2 is 2.10 bits per heavy atom. The SMILES string of the molecule is Cc1cc(C(N)=O)ccc1CN1CCC(C(C)O)CC1. The van der Waals surface area contributed by atoms with E-state index >= 15 is 0 Å². The second-order valence-electron chi connectivity index (χ2n) is 5.86. The number of aliphatic hydroxyl groups excluding tert-OH is 1. The van der Waals surface area contributed by atoms with Gasteiger partial charge in [-0.15, -0.1) is 0 Å². The van der Waals surface area contributed by atoms with Gasteiger partial charge in [0.05, 0.1) is 6.10 Å². The third kappa shape index (κ3) is 3.58. The zero-order valence-corrected chi connectivity index (χ0v) is 12.3. The average molecular weight is 276 g/mol. The molecule has 1 amide bonds. The average Bonchev–Trinajstić information content (AvgIpc) is 2.41. The first-order valence-electron chi connectivity index (χ1n) is 7.27. The predicted octanol–water partition coefficient (Wildman–Crippen LogP) is 1.69. The van der Waals surface area contributed by atoms with Gasteiger partial charge in [-0.05, 0) is 69.0 Å². The van der Waals surface area contributed by atoms with Crippen molar-refractivity contribution in [3.05, 3.63) is 34.9 Å². The van der Waals surface area contributed by atoms with E-state index < -0.39 is 0 Å². The first-order chi connectivity index (χ1) is 9.47. The normalized spacial score (nSPS) is 18.9. The minimum Gasteiger partial charge on any atom is -0.393 e. The van der Waals surface area contributed by atoms with Crippen LogP contribution in [-0.2, 0) is 6.54 Å². The van der Waals surface area contributed by atoms with E-state index in [0.29, 0.717) is 11.5 Å². The van der Waals surface area contributed by atoms with Crippen molar-refractivity contribution in [2.24, 2.45) is 11.7 Å². The lowest BCUT2D eigenvalue weighted by Crippen LogP contribution is -2.36. The van der Waals surface area contributed by atoms with E-state index in [9.17, 15) is 9.90 Å². The molecule has 1 fully saturated rings. The van der Waals surface area contributed by atoms with Gasteiger partial charge in [0.15, 0.2) is 0 Å².